The molecule has 170 valence electrons. The zero-order chi connectivity index (χ0) is 22.9. The van der Waals surface area contributed by atoms with Crippen LogP contribution < -0.4 is 20.7 Å². The molecule has 1 saturated heterocycles. The smallest absolute Gasteiger partial charge is 0.257 e. The van der Waals surface area contributed by atoms with Gasteiger partial charge in [0.05, 0.1) is 12.7 Å². The van der Waals surface area contributed by atoms with Crippen molar-refractivity contribution < 1.29 is 19.1 Å². The van der Waals surface area contributed by atoms with Crippen LogP contribution in [0.25, 0.3) is 0 Å². The Bertz CT molecular complexity index is 941. The van der Waals surface area contributed by atoms with Gasteiger partial charge < -0.3 is 20.1 Å². The van der Waals surface area contributed by atoms with Crippen molar-refractivity contribution in [2.45, 2.75) is 32.8 Å². The quantitative estimate of drug-likeness (QED) is 0.526. The van der Waals surface area contributed by atoms with Gasteiger partial charge in [-0.1, -0.05) is 19.9 Å². The Morgan fingerprint density at radius 1 is 1.12 bits per heavy atom. The molecule has 7 nitrogen and oxygen atoms in total. The summed E-state index contributed by atoms with van der Waals surface area (Å²) >= 11 is 5.26. The topological polar surface area (TPSA) is 88.7 Å². The molecule has 2 aromatic carbocycles. The molecule has 2 aromatic rings. The lowest BCUT2D eigenvalue weighted by atomic mass is 10.1. The standard InChI is InChI=1S/C24H29N3O4S/c1-16(2)15-31-20-10-8-17(9-11-20)23(29)27-24(32)26-19-6-3-5-18(13-19)22(28)25-14-21-7-4-12-30-21/h3,5-6,8-11,13,16,21H,4,7,12,14-15H2,1-2H3,(H,25,28)(H2,26,27,29,32). The van der Waals surface area contributed by atoms with Gasteiger partial charge in [0, 0.05) is 30.0 Å². The summed E-state index contributed by atoms with van der Waals surface area (Å²) in [5.41, 5.74) is 1.57. The van der Waals surface area contributed by atoms with Gasteiger partial charge in [-0.2, -0.15) is 0 Å². The summed E-state index contributed by atoms with van der Waals surface area (Å²) in [6.45, 7) is 6.00. The lowest BCUT2D eigenvalue weighted by Gasteiger charge is -2.13. The first kappa shape index (κ1) is 23.7. The van der Waals surface area contributed by atoms with Crippen molar-refractivity contribution in [2.24, 2.45) is 5.92 Å². The van der Waals surface area contributed by atoms with Gasteiger partial charge in [-0.05, 0) is 73.4 Å². The molecule has 0 aliphatic carbocycles. The summed E-state index contributed by atoms with van der Waals surface area (Å²) in [4.78, 5) is 24.9. The van der Waals surface area contributed by atoms with Crippen molar-refractivity contribution >= 4 is 34.8 Å². The van der Waals surface area contributed by atoms with Crippen LogP contribution in [0, 0.1) is 5.92 Å². The Balaban J connectivity index is 1.50. The summed E-state index contributed by atoms with van der Waals surface area (Å²) in [6.07, 6.45) is 2.07. The second-order valence-electron chi connectivity index (χ2n) is 8.06. The normalized spacial score (nSPS) is 15.3. The summed E-state index contributed by atoms with van der Waals surface area (Å²) in [6, 6.07) is 13.8. The van der Waals surface area contributed by atoms with Gasteiger partial charge in [-0.15, -0.1) is 0 Å². The molecular formula is C24H29N3O4S. The van der Waals surface area contributed by atoms with E-state index in [9.17, 15) is 9.59 Å². The summed E-state index contributed by atoms with van der Waals surface area (Å²) < 4.78 is 11.2. The van der Waals surface area contributed by atoms with Crippen LogP contribution in [0.3, 0.4) is 0 Å². The number of nitrogens with one attached hydrogen (secondary N) is 3. The van der Waals surface area contributed by atoms with Crippen LogP contribution in [0.15, 0.2) is 48.5 Å². The monoisotopic (exact) mass is 455 g/mol. The average Bonchev–Trinajstić information content (AvgIpc) is 3.30. The average molecular weight is 456 g/mol. The van der Waals surface area contributed by atoms with Gasteiger partial charge in [0.25, 0.3) is 11.8 Å². The van der Waals surface area contributed by atoms with Crippen molar-refractivity contribution in [1.29, 1.82) is 0 Å². The Morgan fingerprint density at radius 3 is 2.59 bits per heavy atom. The van der Waals surface area contributed by atoms with Crippen molar-refractivity contribution in [3.63, 3.8) is 0 Å². The predicted molar refractivity (Wildman–Crippen MR) is 128 cm³/mol. The largest absolute Gasteiger partial charge is 0.493 e. The summed E-state index contributed by atoms with van der Waals surface area (Å²) in [5.74, 6) is 0.625. The molecular weight excluding hydrogens is 426 g/mol. The first-order valence-corrected chi connectivity index (χ1v) is 11.2. The van der Waals surface area contributed by atoms with Crippen LogP contribution in [0.2, 0.25) is 0 Å². The van der Waals surface area contributed by atoms with Crippen molar-refractivity contribution in [3.8, 4) is 5.75 Å². The zero-order valence-corrected chi connectivity index (χ0v) is 19.2. The molecule has 2 amide bonds. The second-order valence-corrected chi connectivity index (χ2v) is 8.47. The number of ether oxygens (including phenoxy) is 2. The lowest BCUT2D eigenvalue weighted by Crippen LogP contribution is -2.34. The maximum Gasteiger partial charge on any atom is 0.257 e. The first-order valence-electron chi connectivity index (χ1n) is 10.8. The molecule has 8 heteroatoms. The highest BCUT2D eigenvalue weighted by atomic mass is 32.1. The molecule has 1 aliphatic rings. The van der Waals surface area contributed by atoms with E-state index in [1.807, 2.05) is 0 Å². The summed E-state index contributed by atoms with van der Waals surface area (Å²) in [5, 5.41) is 8.63. The number of benzene rings is 2. The van der Waals surface area contributed by atoms with E-state index in [0.29, 0.717) is 41.6 Å². The van der Waals surface area contributed by atoms with Gasteiger partial charge in [-0.3, -0.25) is 14.9 Å². The van der Waals surface area contributed by atoms with E-state index in [2.05, 4.69) is 29.8 Å². The van der Waals surface area contributed by atoms with Crippen LogP contribution in [0.1, 0.15) is 47.4 Å². The number of carbonyl (C=O) groups is 2. The molecule has 3 N–H and O–H groups in total. The Labute approximate surface area is 193 Å². The molecule has 1 heterocycles. The van der Waals surface area contributed by atoms with Crippen LogP contribution in [-0.2, 0) is 4.74 Å². The Kier molecular flexibility index (Phi) is 8.58. The number of rotatable bonds is 8. The fraction of sp³-hybridized carbons (Fsp3) is 0.375. The number of hydrogen-bond acceptors (Lipinski definition) is 5. The van der Waals surface area contributed by atoms with Gasteiger partial charge in [0.15, 0.2) is 5.11 Å². The molecule has 0 bridgehead atoms. The molecule has 1 unspecified atom stereocenters. The van der Waals surface area contributed by atoms with Gasteiger partial charge in [0.2, 0.25) is 0 Å². The van der Waals surface area contributed by atoms with Crippen molar-refractivity contribution in [1.82, 2.24) is 10.6 Å². The lowest BCUT2D eigenvalue weighted by molar-refractivity contribution is 0.0857. The van der Waals surface area contributed by atoms with E-state index in [0.717, 1.165) is 19.4 Å². The molecule has 0 spiro atoms. The van der Waals surface area contributed by atoms with E-state index >= 15 is 0 Å². The first-order chi connectivity index (χ1) is 15.4. The number of thiocarbonyl (C=S) groups is 1. The van der Waals surface area contributed by atoms with Crippen LogP contribution in [0.5, 0.6) is 5.75 Å². The highest BCUT2D eigenvalue weighted by Crippen LogP contribution is 2.15. The van der Waals surface area contributed by atoms with Crippen LogP contribution in [0.4, 0.5) is 5.69 Å². The fourth-order valence-corrected chi connectivity index (χ4v) is 3.37. The molecule has 0 saturated carbocycles. The maximum atomic E-state index is 12.5. The third-order valence-corrected chi connectivity index (χ3v) is 5.03. The summed E-state index contributed by atoms with van der Waals surface area (Å²) in [7, 11) is 0. The highest BCUT2D eigenvalue weighted by Gasteiger charge is 2.17. The third kappa shape index (κ3) is 7.32. The molecule has 0 radical (unpaired) electrons. The molecule has 1 atom stereocenters. The molecule has 1 aliphatic heterocycles. The Hall–Kier alpha value is -2.97. The minimum Gasteiger partial charge on any atom is -0.493 e. The van der Waals surface area contributed by atoms with Crippen molar-refractivity contribution in [2.75, 3.05) is 25.1 Å². The molecule has 3 rings (SSSR count). The van der Waals surface area contributed by atoms with Gasteiger partial charge in [-0.25, -0.2) is 0 Å². The van der Waals surface area contributed by atoms with E-state index in [1.54, 1.807) is 48.5 Å². The Morgan fingerprint density at radius 2 is 1.91 bits per heavy atom. The minimum atomic E-state index is -0.330. The fourth-order valence-electron chi connectivity index (χ4n) is 3.16. The third-order valence-electron chi connectivity index (χ3n) is 4.82. The number of amides is 2. The zero-order valence-electron chi connectivity index (χ0n) is 18.4. The molecule has 0 aromatic heterocycles. The van der Waals surface area contributed by atoms with E-state index in [4.69, 9.17) is 21.7 Å². The van der Waals surface area contributed by atoms with Crippen LogP contribution >= 0.6 is 12.2 Å². The van der Waals surface area contributed by atoms with Crippen LogP contribution in [-0.4, -0.2) is 42.8 Å². The SMILES string of the molecule is CC(C)COc1ccc(C(=O)NC(=S)Nc2cccc(C(=O)NCC3CCCO3)c2)cc1. The minimum absolute atomic E-state index is 0.0823. The van der Waals surface area contributed by atoms with Gasteiger partial charge in [0.1, 0.15) is 5.75 Å². The van der Waals surface area contributed by atoms with Gasteiger partial charge >= 0.3 is 0 Å². The second kappa shape index (κ2) is 11.6. The van der Waals surface area contributed by atoms with E-state index in [-0.39, 0.29) is 23.0 Å². The van der Waals surface area contributed by atoms with Crippen molar-refractivity contribution in [3.05, 3.63) is 59.7 Å². The maximum absolute atomic E-state index is 12.5. The van der Waals surface area contributed by atoms with E-state index < -0.39 is 0 Å². The number of hydrogen-bond donors (Lipinski definition) is 3. The number of anilines is 1. The predicted octanol–water partition coefficient (Wildman–Crippen LogP) is 3.76. The highest BCUT2D eigenvalue weighted by molar-refractivity contribution is 7.80. The molecule has 32 heavy (non-hydrogen) atoms. The number of carbonyl (C=O) groups excluding carboxylic acids is 2. The van der Waals surface area contributed by atoms with E-state index in [1.165, 1.54) is 0 Å². The molecule has 1 fully saturated rings.